The van der Waals surface area contributed by atoms with Crippen molar-refractivity contribution in [2.75, 3.05) is 20.1 Å². The highest BCUT2D eigenvalue weighted by atomic mass is 15.1. The molecule has 4 atom stereocenters. The molecule has 0 amide bonds. The van der Waals surface area contributed by atoms with Crippen molar-refractivity contribution in [1.29, 1.82) is 0 Å². The number of hydrogen-bond donors (Lipinski definition) is 1. The van der Waals surface area contributed by atoms with Gasteiger partial charge >= 0.3 is 0 Å². The van der Waals surface area contributed by atoms with Crippen LogP contribution in [0.15, 0.2) is 0 Å². The van der Waals surface area contributed by atoms with Crippen molar-refractivity contribution in [3.8, 4) is 0 Å². The van der Waals surface area contributed by atoms with Crippen molar-refractivity contribution >= 4 is 0 Å². The first-order chi connectivity index (χ1) is 7.69. The Kier molecular flexibility index (Phi) is 4.26. The maximum atomic E-state index is 3.93. The number of rotatable bonds is 3. The summed E-state index contributed by atoms with van der Waals surface area (Å²) in [5, 5.41) is 3.93. The SMILES string of the molecule is CCC1CCC(NC2CCN(C)CC2C)C1. The van der Waals surface area contributed by atoms with Crippen molar-refractivity contribution in [2.24, 2.45) is 11.8 Å². The second kappa shape index (κ2) is 5.50. The molecule has 94 valence electrons. The fourth-order valence-corrected chi connectivity index (χ4v) is 3.50. The highest BCUT2D eigenvalue weighted by molar-refractivity contribution is 4.87. The van der Waals surface area contributed by atoms with Gasteiger partial charge in [-0.3, -0.25) is 0 Å². The number of likely N-dealkylation sites (tertiary alicyclic amines) is 1. The van der Waals surface area contributed by atoms with E-state index < -0.39 is 0 Å². The van der Waals surface area contributed by atoms with Gasteiger partial charge in [-0.25, -0.2) is 0 Å². The van der Waals surface area contributed by atoms with Gasteiger partial charge in [0, 0.05) is 18.6 Å². The van der Waals surface area contributed by atoms with Crippen LogP contribution in [-0.2, 0) is 0 Å². The molecule has 1 N–H and O–H groups in total. The second-order valence-electron chi connectivity index (χ2n) is 6.09. The molecular weight excluding hydrogens is 196 g/mol. The highest BCUT2D eigenvalue weighted by Crippen LogP contribution is 2.29. The normalized spacial score (nSPS) is 41.4. The molecule has 0 bridgehead atoms. The molecule has 2 aliphatic rings. The van der Waals surface area contributed by atoms with Crippen LogP contribution in [0.5, 0.6) is 0 Å². The first-order valence-electron chi connectivity index (χ1n) is 7.13. The Morgan fingerprint density at radius 1 is 1.25 bits per heavy atom. The van der Waals surface area contributed by atoms with Gasteiger partial charge in [-0.05, 0) is 51.1 Å². The van der Waals surface area contributed by atoms with E-state index >= 15 is 0 Å². The zero-order chi connectivity index (χ0) is 11.5. The Labute approximate surface area is 101 Å². The average molecular weight is 224 g/mol. The average Bonchev–Trinajstić information content (AvgIpc) is 2.70. The third-order valence-electron chi connectivity index (χ3n) is 4.68. The minimum Gasteiger partial charge on any atom is -0.311 e. The van der Waals surface area contributed by atoms with Crippen molar-refractivity contribution in [2.45, 2.75) is 58.0 Å². The molecular formula is C14H28N2. The van der Waals surface area contributed by atoms with Crippen molar-refractivity contribution in [1.82, 2.24) is 10.2 Å². The summed E-state index contributed by atoms with van der Waals surface area (Å²) in [6.45, 7) is 7.28. The van der Waals surface area contributed by atoms with Crippen LogP contribution in [0.4, 0.5) is 0 Å². The molecule has 1 aliphatic carbocycles. The van der Waals surface area contributed by atoms with E-state index in [2.05, 4.69) is 31.1 Å². The van der Waals surface area contributed by atoms with Gasteiger partial charge in [-0.2, -0.15) is 0 Å². The summed E-state index contributed by atoms with van der Waals surface area (Å²) in [4.78, 5) is 2.46. The van der Waals surface area contributed by atoms with Crippen LogP contribution >= 0.6 is 0 Å². The maximum absolute atomic E-state index is 3.93. The maximum Gasteiger partial charge on any atom is 0.0120 e. The summed E-state index contributed by atoms with van der Waals surface area (Å²) in [6, 6.07) is 1.60. The lowest BCUT2D eigenvalue weighted by atomic mass is 9.93. The monoisotopic (exact) mass is 224 g/mol. The molecule has 2 rings (SSSR count). The van der Waals surface area contributed by atoms with Gasteiger partial charge in [0.1, 0.15) is 0 Å². The molecule has 0 aromatic heterocycles. The van der Waals surface area contributed by atoms with Crippen LogP contribution in [0, 0.1) is 11.8 Å². The Balaban J connectivity index is 1.77. The molecule has 0 radical (unpaired) electrons. The molecule has 0 spiro atoms. The molecule has 0 aromatic carbocycles. The summed E-state index contributed by atoms with van der Waals surface area (Å²) < 4.78 is 0. The fraction of sp³-hybridized carbons (Fsp3) is 1.00. The number of piperidine rings is 1. The molecule has 2 fully saturated rings. The first-order valence-corrected chi connectivity index (χ1v) is 7.13. The van der Waals surface area contributed by atoms with Crippen molar-refractivity contribution in [3.05, 3.63) is 0 Å². The molecule has 1 saturated carbocycles. The molecule has 0 aromatic rings. The lowest BCUT2D eigenvalue weighted by Gasteiger charge is -2.37. The van der Waals surface area contributed by atoms with Gasteiger partial charge in [-0.15, -0.1) is 0 Å². The van der Waals surface area contributed by atoms with Crippen LogP contribution in [-0.4, -0.2) is 37.1 Å². The van der Waals surface area contributed by atoms with E-state index in [4.69, 9.17) is 0 Å². The van der Waals surface area contributed by atoms with Crippen LogP contribution in [0.1, 0.15) is 46.0 Å². The first kappa shape index (κ1) is 12.4. The predicted molar refractivity (Wildman–Crippen MR) is 69.6 cm³/mol. The topological polar surface area (TPSA) is 15.3 Å². The number of nitrogens with zero attached hydrogens (tertiary/aromatic N) is 1. The van der Waals surface area contributed by atoms with E-state index in [0.29, 0.717) is 0 Å². The quantitative estimate of drug-likeness (QED) is 0.792. The molecule has 4 unspecified atom stereocenters. The fourth-order valence-electron chi connectivity index (χ4n) is 3.50. The van der Waals surface area contributed by atoms with E-state index in [-0.39, 0.29) is 0 Å². The van der Waals surface area contributed by atoms with Gasteiger partial charge < -0.3 is 10.2 Å². The van der Waals surface area contributed by atoms with Crippen LogP contribution in [0.3, 0.4) is 0 Å². The highest BCUT2D eigenvalue weighted by Gasteiger charge is 2.29. The van der Waals surface area contributed by atoms with Crippen LogP contribution in [0.2, 0.25) is 0 Å². The number of nitrogens with one attached hydrogen (secondary N) is 1. The summed E-state index contributed by atoms with van der Waals surface area (Å²) in [5.41, 5.74) is 0. The largest absolute Gasteiger partial charge is 0.311 e. The lowest BCUT2D eigenvalue weighted by molar-refractivity contribution is 0.165. The lowest BCUT2D eigenvalue weighted by Crippen LogP contribution is -2.49. The summed E-state index contributed by atoms with van der Waals surface area (Å²) in [7, 11) is 2.25. The second-order valence-corrected chi connectivity index (χ2v) is 6.09. The van der Waals surface area contributed by atoms with E-state index in [0.717, 1.165) is 23.9 Å². The van der Waals surface area contributed by atoms with E-state index in [1.54, 1.807) is 0 Å². The molecule has 1 heterocycles. The van der Waals surface area contributed by atoms with Gasteiger partial charge in [0.25, 0.3) is 0 Å². The van der Waals surface area contributed by atoms with Gasteiger partial charge in [0.15, 0.2) is 0 Å². The van der Waals surface area contributed by atoms with Gasteiger partial charge in [0.05, 0.1) is 0 Å². The summed E-state index contributed by atoms with van der Waals surface area (Å²) in [6.07, 6.45) is 7.01. The smallest absolute Gasteiger partial charge is 0.0120 e. The number of hydrogen-bond acceptors (Lipinski definition) is 2. The van der Waals surface area contributed by atoms with Crippen LogP contribution in [0.25, 0.3) is 0 Å². The third-order valence-corrected chi connectivity index (χ3v) is 4.68. The Hall–Kier alpha value is -0.0800. The van der Waals surface area contributed by atoms with E-state index in [1.165, 1.54) is 45.2 Å². The molecule has 1 aliphatic heterocycles. The Morgan fingerprint density at radius 3 is 2.69 bits per heavy atom. The summed E-state index contributed by atoms with van der Waals surface area (Å²) in [5.74, 6) is 1.82. The van der Waals surface area contributed by atoms with Crippen LogP contribution < -0.4 is 5.32 Å². The van der Waals surface area contributed by atoms with E-state index in [9.17, 15) is 0 Å². The molecule has 2 nitrogen and oxygen atoms in total. The standard InChI is InChI=1S/C14H28N2/c1-4-12-5-6-13(9-12)15-14-7-8-16(3)10-11(14)2/h11-15H,4-10H2,1-3H3. The Bertz CT molecular complexity index is 217. The predicted octanol–water partition coefficient (Wildman–Crippen LogP) is 2.49. The zero-order valence-corrected chi connectivity index (χ0v) is 11.2. The van der Waals surface area contributed by atoms with E-state index in [1.807, 2.05) is 0 Å². The third kappa shape index (κ3) is 2.98. The molecule has 16 heavy (non-hydrogen) atoms. The van der Waals surface area contributed by atoms with Gasteiger partial charge in [-0.1, -0.05) is 20.3 Å². The van der Waals surface area contributed by atoms with Crippen molar-refractivity contribution in [3.63, 3.8) is 0 Å². The molecule has 1 saturated heterocycles. The minimum absolute atomic E-state index is 0.775. The molecule has 2 heteroatoms. The van der Waals surface area contributed by atoms with Crippen molar-refractivity contribution < 1.29 is 0 Å². The minimum atomic E-state index is 0.775. The summed E-state index contributed by atoms with van der Waals surface area (Å²) >= 11 is 0. The zero-order valence-electron chi connectivity index (χ0n) is 11.2. The Morgan fingerprint density at radius 2 is 2.06 bits per heavy atom. The van der Waals surface area contributed by atoms with Gasteiger partial charge in [0.2, 0.25) is 0 Å².